The van der Waals surface area contributed by atoms with E-state index in [1.54, 1.807) is 17.0 Å². The Labute approximate surface area is 121 Å². The third kappa shape index (κ3) is 3.34. The molecule has 0 spiro atoms. The molecule has 1 saturated heterocycles. The third-order valence-corrected chi connectivity index (χ3v) is 4.19. The number of piperazine rings is 1. The zero-order valence-electron chi connectivity index (χ0n) is 11.0. The summed E-state index contributed by atoms with van der Waals surface area (Å²) in [5.41, 5.74) is 0.406. The molecule has 3 nitrogen and oxygen atoms in total. The number of nitrogens with zero attached hydrogens (tertiary/aromatic N) is 2. The minimum Gasteiger partial charge on any atom is -0.336 e. The van der Waals surface area contributed by atoms with Gasteiger partial charge in [-0.1, -0.05) is 13.0 Å². The molecular formula is C14H18BrFN2O. The first-order chi connectivity index (χ1) is 9.13. The fourth-order valence-corrected chi connectivity index (χ4v) is 2.76. The van der Waals surface area contributed by atoms with Crippen molar-refractivity contribution < 1.29 is 9.18 Å². The average molecular weight is 329 g/mol. The van der Waals surface area contributed by atoms with Gasteiger partial charge in [-0.25, -0.2) is 4.39 Å². The van der Waals surface area contributed by atoms with E-state index in [1.165, 1.54) is 6.07 Å². The van der Waals surface area contributed by atoms with Crippen LogP contribution in [0.4, 0.5) is 4.39 Å². The number of hydrogen-bond donors (Lipinski definition) is 0. The number of amides is 1. The summed E-state index contributed by atoms with van der Waals surface area (Å²) in [4.78, 5) is 16.5. The summed E-state index contributed by atoms with van der Waals surface area (Å²) in [5.74, 6) is -0.488. The number of hydrogen-bond acceptors (Lipinski definition) is 2. The van der Waals surface area contributed by atoms with Crippen LogP contribution in [0.25, 0.3) is 0 Å². The molecular weight excluding hydrogens is 311 g/mol. The monoisotopic (exact) mass is 328 g/mol. The zero-order valence-corrected chi connectivity index (χ0v) is 12.6. The number of benzene rings is 1. The topological polar surface area (TPSA) is 23.6 Å². The Morgan fingerprint density at radius 2 is 2.00 bits per heavy atom. The van der Waals surface area contributed by atoms with Crippen LogP contribution in [0.15, 0.2) is 22.7 Å². The highest BCUT2D eigenvalue weighted by atomic mass is 79.9. The van der Waals surface area contributed by atoms with Gasteiger partial charge in [0, 0.05) is 26.2 Å². The minimum atomic E-state index is -0.393. The SMILES string of the molecule is CCCN1CCN(C(=O)c2cccc(F)c2Br)CC1. The molecule has 1 aliphatic rings. The maximum Gasteiger partial charge on any atom is 0.255 e. The maximum atomic E-state index is 13.4. The summed E-state index contributed by atoms with van der Waals surface area (Å²) in [6.07, 6.45) is 1.13. The molecule has 5 heteroatoms. The first kappa shape index (κ1) is 14.5. The fourth-order valence-electron chi connectivity index (χ4n) is 2.33. The molecule has 0 bridgehead atoms. The van der Waals surface area contributed by atoms with Crippen molar-refractivity contribution in [3.8, 4) is 0 Å². The van der Waals surface area contributed by atoms with Gasteiger partial charge in [0.1, 0.15) is 5.82 Å². The summed E-state index contributed by atoms with van der Waals surface area (Å²) >= 11 is 3.15. The van der Waals surface area contributed by atoms with E-state index in [-0.39, 0.29) is 10.4 Å². The van der Waals surface area contributed by atoms with Gasteiger partial charge in [-0.05, 0) is 41.0 Å². The van der Waals surface area contributed by atoms with Crippen molar-refractivity contribution in [3.05, 3.63) is 34.1 Å². The lowest BCUT2D eigenvalue weighted by molar-refractivity contribution is 0.0636. The van der Waals surface area contributed by atoms with Gasteiger partial charge in [-0.15, -0.1) is 0 Å². The summed E-state index contributed by atoms with van der Waals surface area (Å²) in [7, 11) is 0. The molecule has 2 rings (SSSR count). The van der Waals surface area contributed by atoms with Gasteiger partial charge in [0.15, 0.2) is 0 Å². The standard InChI is InChI=1S/C14H18BrFN2O/c1-2-6-17-7-9-18(10-8-17)14(19)11-4-3-5-12(16)13(11)15/h3-5H,2,6-10H2,1H3. The molecule has 0 unspecified atom stereocenters. The summed E-state index contributed by atoms with van der Waals surface area (Å²) in [6, 6.07) is 4.58. The largest absolute Gasteiger partial charge is 0.336 e. The molecule has 1 aliphatic heterocycles. The van der Waals surface area contributed by atoms with Gasteiger partial charge in [-0.3, -0.25) is 9.69 Å². The zero-order chi connectivity index (χ0) is 13.8. The average Bonchev–Trinajstić information content (AvgIpc) is 2.42. The number of carbonyl (C=O) groups excluding carboxylic acids is 1. The minimum absolute atomic E-state index is 0.0949. The Morgan fingerprint density at radius 3 is 2.63 bits per heavy atom. The molecule has 1 aromatic carbocycles. The molecule has 0 N–H and O–H groups in total. The Hall–Kier alpha value is -0.940. The second-order valence-electron chi connectivity index (χ2n) is 4.74. The molecule has 0 aliphatic carbocycles. The predicted octanol–water partition coefficient (Wildman–Crippen LogP) is 2.76. The molecule has 1 heterocycles. The predicted molar refractivity (Wildman–Crippen MR) is 76.7 cm³/mol. The smallest absolute Gasteiger partial charge is 0.255 e. The van der Waals surface area contributed by atoms with E-state index in [0.29, 0.717) is 18.7 Å². The van der Waals surface area contributed by atoms with Crippen molar-refractivity contribution in [1.82, 2.24) is 9.80 Å². The van der Waals surface area contributed by atoms with E-state index in [2.05, 4.69) is 27.8 Å². The molecule has 0 atom stereocenters. The van der Waals surface area contributed by atoms with Crippen LogP contribution in [0.1, 0.15) is 23.7 Å². The van der Waals surface area contributed by atoms with Crippen LogP contribution in [-0.2, 0) is 0 Å². The van der Waals surface area contributed by atoms with Crippen LogP contribution in [0, 0.1) is 5.82 Å². The highest BCUT2D eigenvalue weighted by Crippen LogP contribution is 2.22. The normalized spacial score (nSPS) is 16.7. The quantitative estimate of drug-likeness (QED) is 0.851. The number of rotatable bonds is 3. The first-order valence-electron chi connectivity index (χ1n) is 6.59. The van der Waals surface area contributed by atoms with E-state index in [4.69, 9.17) is 0 Å². The summed E-state index contributed by atoms with van der Waals surface area (Å²) in [5, 5.41) is 0. The van der Waals surface area contributed by atoms with Gasteiger partial charge in [0.25, 0.3) is 5.91 Å². The highest BCUT2D eigenvalue weighted by molar-refractivity contribution is 9.10. The lowest BCUT2D eigenvalue weighted by atomic mass is 10.1. The summed E-state index contributed by atoms with van der Waals surface area (Å²) in [6.45, 7) is 6.44. The molecule has 1 aromatic rings. The van der Waals surface area contributed by atoms with Crippen molar-refractivity contribution >= 4 is 21.8 Å². The second-order valence-corrected chi connectivity index (χ2v) is 5.53. The van der Waals surface area contributed by atoms with Crippen molar-refractivity contribution in [1.29, 1.82) is 0 Å². The summed E-state index contributed by atoms with van der Waals surface area (Å²) < 4.78 is 13.7. The molecule has 19 heavy (non-hydrogen) atoms. The van der Waals surface area contributed by atoms with Crippen LogP contribution in [0.3, 0.4) is 0 Å². The lowest BCUT2D eigenvalue weighted by Gasteiger charge is -2.34. The Kier molecular flexibility index (Phi) is 4.93. The van der Waals surface area contributed by atoms with Gasteiger partial charge >= 0.3 is 0 Å². The second kappa shape index (κ2) is 6.48. The molecule has 1 amide bonds. The van der Waals surface area contributed by atoms with Crippen molar-refractivity contribution in [2.24, 2.45) is 0 Å². The highest BCUT2D eigenvalue weighted by Gasteiger charge is 2.23. The van der Waals surface area contributed by atoms with E-state index in [9.17, 15) is 9.18 Å². The van der Waals surface area contributed by atoms with Crippen molar-refractivity contribution in [2.45, 2.75) is 13.3 Å². The Morgan fingerprint density at radius 1 is 1.32 bits per heavy atom. The van der Waals surface area contributed by atoms with Crippen LogP contribution in [0.2, 0.25) is 0 Å². The Balaban J connectivity index is 2.03. The fraction of sp³-hybridized carbons (Fsp3) is 0.500. The van der Waals surface area contributed by atoms with Crippen molar-refractivity contribution in [3.63, 3.8) is 0 Å². The van der Waals surface area contributed by atoms with Crippen LogP contribution < -0.4 is 0 Å². The lowest BCUT2D eigenvalue weighted by Crippen LogP contribution is -2.48. The molecule has 1 fully saturated rings. The van der Waals surface area contributed by atoms with Crippen LogP contribution in [0.5, 0.6) is 0 Å². The van der Waals surface area contributed by atoms with Gasteiger partial charge in [-0.2, -0.15) is 0 Å². The first-order valence-corrected chi connectivity index (χ1v) is 7.38. The van der Waals surface area contributed by atoms with E-state index in [0.717, 1.165) is 26.1 Å². The molecule has 0 radical (unpaired) electrons. The number of carbonyl (C=O) groups is 1. The van der Waals surface area contributed by atoms with Gasteiger partial charge in [0.05, 0.1) is 10.0 Å². The maximum absolute atomic E-state index is 13.4. The van der Waals surface area contributed by atoms with E-state index >= 15 is 0 Å². The van der Waals surface area contributed by atoms with Gasteiger partial charge < -0.3 is 4.90 Å². The van der Waals surface area contributed by atoms with E-state index in [1.807, 2.05) is 0 Å². The Bertz CT molecular complexity index is 459. The van der Waals surface area contributed by atoms with Crippen molar-refractivity contribution in [2.75, 3.05) is 32.7 Å². The van der Waals surface area contributed by atoms with Gasteiger partial charge in [0.2, 0.25) is 0 Å². The molecule has 0 aromatic heterocycles. The molecule has 104 valence electrons. The third-order valence-electron chi connectivity index (χ3n) is 3.38. The van der Waals surface area contributed by atoms with Crippen LogP contribution >= 0.6 is 15.9 Å². The van der Waals surface area contributed by atoms with E-state index < -0.39 is 5.82 Å². The van der Waals surface area contributed by atoms with Crippen LogP contribution in [-0.4, -0.2) is 48.4 Å². The molecule has 0 saturated carbocycles. The number of halogens is 2.